The Morgan fingerprint density at radius 1 is 1.27 bits per heavy atom. The maximum atomic E-state index is 13.2. The number of hydrogen-bond donors (Lipinski definition) is 2. The van der Waals surface area contributed by atoms with Crippen molar-refractivity contribution in [2.45, 2.75) is 51.6 Å². The lowest BCUT2D eigenvalue weighted by Gasteiger charge is -2.17. The highest BCUT2D eigenvalue weighted by Gasteiger charge is 2.31. The topological polar surface area (TPSA) is 106 Å². The number of aromatic nitrogens is 3. The maximum Gasteiger partial charge on any atom is 0.573 e. The third-order valence-electron chi connectivity index (χ3n) is 5.49. The summed E-state index contributed by atoms with van der Waals surface area (Å²) in [5, 5.41) is 2.78. The molecule has 174 valence electrons. The fourth-order valence-electron chi connectivity index (χ4n) is 3.67. The quantitative estimate of drug-likeness (QED) is 0.584. The zero-order valence-corrected chi connectivity index (χ0v) is 17.8. The molecule has 3 aromatic rings. The van der Waals surface area contributed by atoms with Gasteiger partial charge in [0.2, 0.25) is 0 Å². The summed E-state index contributed by atoms with van der Waals surface area (Å²) in [7, 11) is 0. The van der Waals surface area contributed by atoms with Crippen LogP contribution < -0.4 is 21.3 Å². The Balaban J connectivity index is 1.68. The van der Waals surface area contributed by atoms with Gasteiger partial charge in [0, 0.05) is 18.2 Å². The first kappa shape index (κ1) is 22.6. The minimum atomic E-state index is -4.80. The summed E-state index contributed by atoms with van der Waals surface area (Å²) in [6.45, 7) is 3.66. The van der Waals surface area contributed by atoms with Crippen LogP contribution in [0.4, 0.5) is 13.2 Å². The first-order valence-corrected chi connectivity index (χ1v) is 10.4. The smallest absolute Gasteiger partial charge is 0.406 e. The Kier molecular flexibility index (Phi) is 5.73. The van der Waals surface area contributed by atoms with Gasteiger partial charge in [-0.05, 0) is 50.5 Å². The molecule has 0 aliphatic heterocycles. The van der Waals surface area contributed by atoms with Gasteiger partial charge in [0.1, 0.15) is 5.75 Å². The molecular weight excluding hydrogens is 441 g/mol. The van der Waals surface area contributed by atoms with Gasteiger partial charge in [-0.25, -0.2) is 9.78 Å². The lowest BCUT2D eigenvalue weighted by Crippen LogP contribution is -2.33. The third-order valence-corrected chi connectivity index (χ3v) is 5.49. The molecule has 8 nitrogen and oxygen atoms in total. The number of carbonyl (C=O) groups excluding carboxylic acids is 1. The second kappa shape index (κ2) is 8.38. The molecule has 1 atom stereocenters. The van der Waals surface area contributed by atoms with E-state index in [2.05, 4.69) is 20.0 Å². The number of benzene rings is 1. The molecule has 11 heteroatoms. The molecule has 1 saturated carbocycles. The molecule has 1 aromatic carbocycles. The molecule has 1 aliphatic carbocycles. The Labute approximate surface area is 185 Å². The summed E-state index contributed by atoms with van der Waals surface area (Å²) in [4.78, 5) is 44.7. The number of nitrogens with zero attached hydrogens (tertiary/aromatic N) is 2. The number of ether oxygens (including phenoxy) is 1. The molecule has 2 N–H and O–H groups in total. The number of pyridine rings is 1. The van der Waals surface area contributed by atoms with Crippen molar-refractivity contribution >= 4 is 16.9 Å². The van der Waals surface area contributed by atoms with E-state index in [1.165, 1.54) is 16.7 Å². The van der Waals surface area contributed by atoms with Crippen molar-refractivity contribution in [1.29, 1.82) is 0 Å². The molecule has 0 saturated heterocycles. The molecule has 1 fully saturated rings. The minimum Gasteiger partial charge on any atom is -0.406 e. The zero-order chi connectivity index (χ0) is 23.9. The van der Waals surface area contributed by atoms with Crippen molar-refractivity contribution < 1.29 is 22.7 Å². The second-order valence-corrected chi connectivity index (χ2v) is 7.88. The largest absolute Gasteiger partial charge is 0.573 e. The number of carbonyl (C=O) groups is 1. The number of alkyl halides is 3. The number of aryl methyl sites for hydroxylation is 1. The molecule has 1 aliphatic rings. The predicted molar refractivity (Wildman–Crippen MR) is 113 cm³/mol. The van der Waals surface area contributed by atoms with Crippen molar-refractivity contribution in [3.05, 3.63) is 68.0 Å². The fraction of sp³-hybridized carbons (Fsp3) is 0.364. The van der Waals surface area contributed by atoms with Crippen LogP contribution in [0.3, 0.4) is 0 Å². The summed E-state index contributed by atoms with van der Waals surface area (Å²) in [5.74, 6) is -0.762. The lowest BCUT2D eigenvalue weighted by atomic mass is 10.1. The van der Waals surface area contributed by atoms with Crippen LogP contribution in [-0.4, -0.2) is 26.8 Å². The Morgan fingerprint density at radius 2 is 1.94 bits per heavy atom. The summed E-state index contributed by atoms with van der Waals surface area (Å²) in [5.41, 5.74) is 0.118. The summed E-state index contributed by atoms with van der Waals surface area (Å²) in [6, 6.07) is 6.12. The number of halogens is 3. The number of rotatable bonds is 6. The highest BCUT2D eigenvalue weighted by molar-refractivity contribution is 6.05. The number of fused-ring (bicyclic) bond motifs is 1. The van der Waals surface area contributed by atoms with E-state index in [4.69, 9.17) is 0 Å². The zero-order valence-electron chi connectivity index (χ0n) is 17.8. The van der Waals surface area contributed by atoms with Crippen molar-refractivity contribution in [2.75, 3.05) is 0 Å². The molecule has 0 spiro atoms. The first-order chi connectivity index (χ1) is 15.6. The van der Waals surface area contributed by atoms with Gasteiger partial charge in [0.15, 0.2) is 5.65 Å². The average Bonchev–Trinajstić information content (AvgIpc) is 3.58. The molecule has 2 heterocycles. The van der Waals surface area contributed by atoms with E-state index < -0.39 is 29.6 Å². The van der Waals surface area contributed by atoms with Gasteiger partial charge in [-0.1, -0.05) is 12.1 Å². The Bertz CT molecular complexity index is 1320. The van der Waals surface area contributed by atoms with Crippen molar-refractivity contribution in [3.63, 3.8) is 0 Å². The normalized spacial score (nSPS) is 14.8. The van der Waals surface area contributed by atoms with Gasteiger partial charge in [-0.2, -0.15) is 0 Å². The van der Waals surface area contributed by atoms with Crippen LogP contribution in [0.5, 0.6) is 5.75 Å². The van der Waals surface area contributed by atoms with Gasteiger partial charge in [0.25, 0.3) is 11.5 Å². The van der Waals surface area contributed by atoms with Crippen LogP contribution >= 0.6 is 0 Å². The van der Waals surface area contributed by atoms with Crippen molar-refractivity contribution in [2.24, 2.45) is 0 Å². The van der Waals surface area contributed by atoms with E-state index >= 15 is 0 Å². The fourth-order valence-corrected chi connectivity index (χ4v) is 3.67. The van der Waals surface area contributed by atoms with Gasteiger partial charge in [-0.15, -0.1) is 13.2 Å². The maximum absolute atomic E-state index is 13.2. The summed E-state index contributed by atoms with van der Waals surface area (Å²) in [6.07, 6.45) is -2.99. The van der Waals surface area contributed by atoms with Crippen molar-refractivity contribution in [1.82, 2.24) is 19.9 Å². The Hall–Kier alpha value is -3.63. The van der Waals surface area contributed by atoms with Gasteiger partial charge in [0.05, 0.1) is 17.0 Å². The Morgan fingerprint density at radius 3 is 2.52 bits per heavy atom. The van der Waals surface area contributed by atoms with E-state index in [1.807, 2.05) is 0 Å². The molecular formula is C22H21F3N4O4. The van der Waals surface area contributed by atoms with E-state index in [0.717, 1.165) is 25.0 Å². The molecule has 0 radical (unpaired) electrons. The van der Waals surface area contributed by atoms with E-state index in [-0.39, 0.29) is 34.8 Å². The lowest BCUT2D eigenvalue weighted by molar-refractivity contribution is -0.274. The molecule has 2 aromatic heterocycles. The molecule has 1 amide bonds. The van der Waals surface area contributed by atoms with Gasteiger partial charge in [-0.3, -0.25) is 19.1 Å². The number of nitrogens with one attached hydrogen (secondary N) is 2. The number of amides is 1. The average molecular weight is 462 g/mol. The highest BCUT2D eigenvalue weighted by atomic mass is 19.4. The van der Waals surface area contributed by atoms with Crippen LogP contribution in [0.25, 0.3) is 11.0 Å². The first-order valence-electron chi connectivity index (χ1n) is 10.4. The van der Waals surface area contributed by atoms with Crippen molar-refractivity contribution in [3.8, 4) is 5.75 Å². The van der Waals surface area contributed by atoms with E-state index in [1.54, 1.807) is 19.9 Å². The highest BCUT2D eigenvalue weighted by Crippen LogP contribution is 2.40. The standard InChI is InChI=1S/C22H21F3N4O4/c1-3-29-18-17(20(31)28-21(29)32)15(10-16(27-18)13-4-5-13)19(30)26-11(2)12-6-8-14(9-7-12)33-22(23,24)25/h6-11,13H,3-5H2,1-2H3,(H,26,30)(H,28,31,32). The minimum absolute atomic E-state index is 0.0134. The summed E-state index contributed by atoms with van der Waals surface area (Å²) < 4.78 is 42.2. The van der Waals surface area contributed by atoms with Gasteiger partial charge >= 0.3 is 12.1 Å². The number of H-pyrrole nitrogens is 1. The van der Waals surface area contributed by atoms with Gasteiger partial charge < -0.3 is 10.1 Å². The number of hydrogen-bond acceptors (Lipinski definition) is 5. The molecule has 0 bridgehead atoms. The van der Waals surface area contributed by atoms with Crippen LogP contribution in [0.15, 0.2) is 39.9 Å². The SMILES string of the molecule is CCn1c(=O)[nH]c(=O)c2c(C(=O)NC(C)c3ccc(OC(F)(F)F)cc3)cc(C3CC3)nc21. The molecule has 33 heavy (non-hydrogen) atoms. The molecule has 4 rings (SSSR count). The van der Waals surface area contributed by atoms with E-state index in [9.17, 15) is 27.6 Å². The second-order valence-electron chi connectivity index (χ2n) is 7.88. The molecule has 1 unspecified atom stereocenters. The number of aromatic amines is 1. The van der Waals surface area contributed by atoms with Crippen LogP contribution in [0.1, 0.15) is 60.3 Å². The van der Waals surface area contributed by atoms with Crippen LogP contribution in [-0.2, 0) is 6.54 Å². The summed E-state index contributed by atoms with van der Waals surface area (Å²) >= 11 is 0. The monoisotopic (exact) mass is 462 g/mol. The third kappa shape index (κ3) is 4.76. The van der Waals surface area contributed by atoms with Crippen LogP contribution in [0, 0.1) is 0 Å². The predicted octanol–water partition coefficient (Wildman–Crippen LogP) is 3.37. The van der Waals surface area contributed by atoms with E-state index in [0.29, 0.717) is 11.3 Å². The van der Waals surface area contributed by atoms with Crippen LogP contribution in [0.2, 0.25) is 0 Å².